The molecule has 4 rings (SSSR count). The number of carbonyl (C=O) groups is 1. The number of ether oxygens (including phenoxy) is 2. The number of aliphatic imine (C=N–C) groups is 1. The highest BCUT2D eigenvalue weighted by Gasteiger charge is 2.32. The lowest BCUT2D eigenvalue weighted by Gasteiger charge is -2.27. The minimum absolute atomic E-state index is 0.00294. The summed E-state index contributed by atoms with van der Waals surface area (Å²) in [4.78, 5) is 21.2. The van der Waals surface area contributed by atoms with Crippen molar-refractivity contribution < 1.29 is 14.3 Å². The third-order valence-corrected chi connectivity index (χ3v) is 6.28. The Kier molecular flexibility index (Phi) is 8.74. The van der Waals surface area contributed by atoms with Crippen molar-refractivity contribution in [2.75, 3.05) is 36.5 Å². The van der Waals surface area contributed by atoms with Gasteiger partial charge in [-0.25, -0.2) is 9.98 Å². The van der Waals surface area contributed by atoms with Crippen molar-refractivity contribution in [2.24, 2.45) is 4.99 Å². The number of pyridine rings is 1. The smallest absolute Gasteiger partial charge is 0.257 e. The van der Waals surface area contributed by atoms with Crippen LogP contribution in [-0.2, 0) is 11.2 Å². The number of nitriles is 2. The van der Waals surface area contributed by atoms with Gasteiger partial charge in [-0.1, -0.05) is 41.9 Å². The number of nitrogen functional groups attached to an aromatic ring is 2. The average Bonchev–Trinajstić information content (AvgIpc) is 2.93. The molecule has 0 aliphatic carbocycles. The predicted molar refractivity (Wildman–Crippen MR) is 151 cm³/mol. The highest BCUT2D eigenvalue weighted by Crippen LogP contribution is 2.45. The average molecular weight is 560 g/mol. The summed E-state index contributed by atoms with van der Waals surface area (Å²) in [5.74, 6) is 0.485. The van der Waals surface area contributed by atoms with Gasteiger partial charge >= 0.3 is 0 Å². The van der Waals surface area contributed by atoms with Gasteiger partial charge in [-0.05, 0) is 25.0 Å². The Morgan fingerprint density at radius 2 is 1.93 bits per heavy atom. The first-order valence-corrected chi connectivity index (χ1v) is 12.6. The number of amides is 1. The maximum Gasteiger partial charge on any atom is 0.257 e. The molecule has 40 heavy (non-hydrogen) atoms. The molecule has 12 nitrogen and oxygen atoms in total. The van der Waals surface area contributed by atoms with Crippen LogP contribution in [0.2, 0.25) is 5.02 Å². The summed E-state index contributed by atoms with van der Waals surface area (Å²) in [5, 5.41) is 27.0. The predicted octanol–water partition coefficient (Wildman–Crippen LogP) is 2.85. The second-order valence-electron chi connectivity index (χ2n) is 8.53. The fourth-order valence-electron chi connectivity index (χ4n) is 4.13. The van der Waals surface area contributed by atoms with Crippen LogP contribution in [0.5, 0.6) is 11.5 Å². The number of rotatable bonds is 9. The summed E-state index contributed by atoms with van der Waals surface area (Å²) >= 11 is 6.69. The molecule has 1 aromatic heterocycles. The fraction of sp³-hybridized carbons (Fsp3) is 0.222. The Balaban J connectivity index is 1.60. The second kappa shape index (κ2) is 12.6. The third kappa shape index (κ3) is 6.09. The first-order chi connectivity index (χ1) is 19.4. The molecule has 0 bridgehead atoms. The topological polar surface area (TPSA) is 196 Å². The van der Waals surface area contributed by atoms with Crippen molar-refractivity contribution in [3.63, 3.8) is 0 Å². The second-order valence-corrected chi connectivity index (χ2v) is 8.94. The van der Waals surface area contributed by atoms with Gasteiger partial charge in [0, 0.05) is 23.7 Å². The van der Waals surface area contributed by atoms with E-state index in [0.717, 1.165) is 5.56 Å². The van der Waals surface area contributed by atoms with Gasteiger partial charge in [0.1, 0.15) is 29.3 Å². The van der Waals surface area contributed by atoms with Crippen LogP contribution in [0.4, 0.5) is 17.3 Å². The lowest BCUT2D eigenvalue weighted by molar-refractivity contribution is -0.123. The Hall–Kier alpha value is -5.20. The number of guanidine groups is 1. The lowest BCUT2D eigenvalue weighted by atomic mass is 9.94. The maximum atomic E-state index is 12.4. The summed E-state index contributed by atoms with van der Waals surface area (Å²) < 4.78 is 11.5. The van der Waals surface area contributed by atoms with E-state index in [2.05, 4.69) is 25.9 Å². The molecule has 7 N–H and O–H groups in total. The standard InChI is InChI=1S/C27H26ClN9O3/c1-2-39-19-10-16(18(28)11-20(19)40-13-21(38)33-9-8-15-6-4-3-5-7-15)24-22-23(31)17(12-29)25(32)36-26(22)37-27(35-24)34-14-30/h3-7,10-11,24H,2,8-9,13H2,1H3,(H,33,38)(H6,31,32,34,35,36,37). The van der Waals surface area contributed by atoms with Crippen molar-refractivity contribution in [3.05, 3.63) is 69.7 Å². The molecule has 13 heteroatoms. The molecule has 1 atom stereocenters. The number of hydrogen-bond donors (Lipinski definition) is 5. The largest absolute Gasteiger partial charge is 0.490 e. The van der Waals surface area contributed by atoms with E-state index in [1.165, 1.54) is 6.07 Å². The van der Waals surface area contributed by atoms with Crippen molar-refractivity contribution in [1.29, 1.82) is 10.5 Å². The summed E-state index contributed by atoms with van der Waals surface area (Å²) in [5.41, 5.74) is 14.2. The van der Waals surface area contributed by atoms with Crippen LogP contribution in [0.15, 0.2) is 47.5 Å². The molecule has 2 aromatic carbocycles. The SMILES string of the molecule is CCOc1cc(C2N=C(NC#N)Nc3nc(N)c(C#N)c(N)c32)c(Cl)cc1OCC(=O)NCCc1ccccc1. The van der Waals surface area contributed by atoms with E-state index in [0.29, 0.717) is 36.4 Å². The minimum Gasteiger partial charge on any atom is -0.490 e. The van der Waals surface area contributed by atoms with Gasteiger partial charge in [-0.2, -0.15) is 10.5 Å². The zero-order valence-corrected chi connectivity index (χ0v) is 22.2. The van der Waals surface area contributed by atoms with Crippen LogP contribution in [0, 0.1) is 22.8 Å². The number of fused-ring (bicyclic) bond motifs is 1. The molecule has 1 amide bonds. The van der Waals surface area contributed by atoms with Gasteiger partial charge in [0.2, 0.25) is 5.96 Å². The van der Waals surface area contributed by atoms with Gasteiger partial charge in [-0.15, -0.1) is 0 Å². The molecule has 2 heterocycles. The Morgan fingerprint density at radius 3 is 2.62 bits per heavy atom. The molecular formula is C27H26ClN9O3. The zero-order valence-electron chi connectivity index (χ0n) is 21.5. The highest BCUT2D eigenvalue weighted by atomic mass is 35.5. The molecule has 0 saturated heterocycles. The van der Waals surface area contributed by atoms with E-state index in [9.17, 15) is 10.1 Å². The van der Waals surface area contributed by atoms with Crippen LogP contribution in [0.1, 0.15) is 35.2 Å². The van der Waals surface area contributed by atoms with E-state index in [4.69, 9.17) is 37.8 Å². The number of carbonyl (C=O) groups excluding carboxylic acids is 1. The number of anilines is 3. The number of aromatic nitrogens is 1. The third-order valence-electron chi connectivity index (χ3n) is 5.95. The van der Waals surface area contributed by atoms with E-state index in [1.54, 1.807) is 19.2 Å². The maximum absolute atomic E-state index is 12.4. The Bertz CT molecular complexity index is 1530. The molecule has 3 aromatic rings. The van der Waals surface area contributed by atoms with Crippen LogP contribution in [0.3, 0.4) is 0 Å². The Labute approximate surface area is 235 Å². The first-order valence-electron chi connectivity index (χ1n) is 12.2. The van der Waals surface area contributed by atoms with Crippen molar-refractivity contribution in [3.8, 4) is 23.8 Å². The zero-order chi connectivity index (χ0) is 28.6. The number of nitrogens with one attached hydrogen (secondary N) is 3. The van der Waals surface area contributed by atoms with Gasteiger partial charge in [0.05, 0.1) is 17.3 Å². The van der Waals surface area contributed by atoms with Crippen LogP contribution in [-0.4, -0.2) is 36.6 Å². The quantitative estimate of drug-likeness (QED) is 0.192. The van der Waals surface area contributed by atoms with Crippen LogP contribution in [0.25, 0.3) is 0 Å². The lowest BCUT2D eigenvalue weighted by Crippen LogP contribution is -2.33. The van der Waals surface area contributed by atoms with Gasteiger partial charge < -0.3 is 31.6 Å². The summed E-state index contributed by atoms with van der Waals surface area (Å²) in [7, 11) is 0. The molecule has 204 valence electrons. The Morgan fingerprint density at radius 1 is 1.18 bits per heavy atom. The summed E-state index contributed by atoms with van der Waals surface area (Å²) in [6.07, 6.45) is 2.49. The molecule has 0 saturated carbocycles. The number of halogens is 1. The summed E-state index contributed by atoms with van der Waals surface area (Å²) in [6, 6.07) is 14.0. The molecule has 0 spiro atoms. The first kappa shape index (κ1) is 27.8. The molecule has 0 radical (unpaired) electrons. The molecule has 1 unspecified atom stereocenters. The van der Waals surface area contributed by atoms with E-state index >= 15 is 0 Å². The van der Waals surface area contributed by atoms with Gasteiger partial charge in [0.15, 0.2) is 24.3 Å². The monoisotopic (exact) mass is 559 g/mol. The number of nitrogens with two attached hydrogens (primary N) is 2. The number of benzene rings is 2. The van der Waals surface area contributed by atoms with Gasteiger partial charge in [-0.3, -0.25) is 10.1 Å². The highest BCUT2D eigenvalue weighted by molar-refractivity contribution is 6.31. The van der Waals surface area contributed by atoms with Gasteiger partial charge in [0.25, 0.3) is 5.91 Å². The van der Waals surface area contributed by atoms with Crippen LogP contribution < -0.4 is 36.9 Å². The van der Waals surface area contributed by atoms with Crippen molar-refractivity contribution >= 4 is 40.8 Å². The molecular weight excluding hydrogens is 534 g/mol. The summed E-state index contributed by atoms with van der Waals surface area (Å²) in [6.45, 7) is 2.30. The van der Waals surface area contributed by atoms with E-state index in [-0.39, 0.29) is 52.1 Å². The van der Waals surface area contributed by atoms with Crippen molar-refractivity contribution in [2.45, 2.75) is 19.4 Å². The molecule has 0 fully saturated rings. The normalized spacial score (nSPS) is 13.5. The van der Waals surface area contributed by atoms with E-state index < -0.39 is 6.04 Å². The van der Waals surface area contributed by atoms with Crippen LogP contribution >= 0.6 is 11.6 Å². The fourth-order valence-corrected chi connectivity index (χ4v) is 4.39. The van der Waals surface area contributed by atoms with Crippen molar-refractivity contribution in [1.82, 2.24) is 15.6 Å². The molecule has 1 aliphatic heterocycles. The van der Waals surface area contributed by atoms with E-state index in [1.807, 2.05) is 36.4 Å². The molecule has 1 aliphatic rings. The minimum atomic E-state index is -0.880. The number of hydrogen-bond acceptors (Lipinski definition) is 11. The number of nitrogens with zero attached hydrogens (tertiary/aromatic N) is 4.